The van der Waals surface area contributed by atoms with Gasteiger partial charge in [0.1, 0.15) is 16.6 Å². The molecule has 1 heterocycles. The summed E-state index contributed by atoms with van der Waals surface area (Å²) in [6, 6.07) is 5.51. The number of methoxy groups -OCH3 is 1. The lowest BCUT2D eigenvalue weighted by Gasteiger charge is -2.11. The minimum atomic E-state index is -0.617. The van der Waals surface area contributed by atoms with Crippen molar-refractivity contribution in [1.82, 2.24) is 4.98 Å². The van der Waals surface area contributed by atoms with Crippen LogP contribution in [-0.4, -0.2) is 18.0 Å². The van der Waals surface area contributed by atoms with Crippen LogP contribution in [0.5, 0.6) is 5.75 Å². The third-order valence-electron chi connectivity index (χ3n) is 2.50. The maximum atomic E-state index is 13.7. The Bertz CT molecular complexity index is 665. The van der Waals surface area contributed by atoms with Crippen LogP contribution in [0, 0.1) is 5.82 Å². The largest absolute Gasteiger partial charge is 0.494 e. The van der Waals surface area contributed by atoms with Gasteiger partial charge in [0.15, 0.2) is 5.82 Å². The average Bonchev–Trinajstić information content (AvgIpc) is 2.43. The number of ether oxygens (including phenoxy) is 1. The van der Waals surface area contributed by atoms with E-state index in [4.69, 9.17) is 27.9 Å². The fraction of sp³-hybridized carbons (Fsp3) is 0.0769. The van der Waals surface area contributed by atoms with E-state index in [-0.39, 0.29) is 27.2 Å². The zero-order valence-corrected chi connectivity index (χ0v) is 11.8. The number of nitrogens with one attached hydrogen (secondary N) is 1. The second-order valence-corrected chi connectivity index (χ2v) is 4.55. The number of hydrogen-bond donors (Lipinski definition) is 1. The Morgan fingerprint density at radius 3 is 2.85 bits per heavy atom. The molecule has 0 atom stereocenters. The smallest absolute Gasteiger partial charge is 0.257 e. The molecule has 2 aromatic rings. The van der Waals surface area contributed by atoms with Crippen molar-refractivity contribution >= 4 is 34.8 Å². The van der Waals surface area contributed by atoms with Gasteiger partial charge in [0.25, 0.3) is 5.91 Å². The van der Waals surface area contributed by atoms with Crippen molar-refractivity contribution in [2.24, 2.45) is 0 Å². The topological polar surface area (TPSA) is 51.2 Å². The van der Waals surface area contributed by atoms with Gasteiger partial charge in [0.05, 0.1) is 17.7 Å². The van der Waals surface area contributed by atoms with E-state index in [2.05, 4.69) is 10.3 Å². The third kappa shape index (κ3) is 3.00. The van der Waals surface area contributed by atoms with E-state index in [1.54, 1.807) is 0 Å². The molecule has 0 fully saturated rings. The molecule has 0 unspecified atom stereocenters. The van der Waals surface area contributed by atoms with Crippen molar-refractivity contribution in [3.8, 4) is 5.75 Å². The first-order chi connectivity index (χ1) is 9.52. The summed E-state index contributed by atoms with van der Waals surface area (Å²) in [5, 5.41) is 2.63. The Hall–Kier alpha value is -1.85. The maximum Gasteiger partial charge on any atom is 0.257 e. The number of para-hydroxylation sites is 1. The number of anilines is 1. The molecule has 0 spiro atoms. The third-order valence-corrected chi connectivity index (χ3v) is 3.01. The predicted molar refractivity (Wildman–Crippen MR) is 75.2 cm³/mol. The Balaban J connectivity index is 2.35. The highest BCUT2D eigenvalue weighted by molar-refractivity contribution is 6.35. The number of carbonyl (C=O) groups excluding carboxylic acids is 1. The van der Waals surface area contributed by atoms with Crippen LogP contribution in [0.15, 0.2) is 30.5 Å². The predicted octanol–water partition coefficient (Wildman–Crippen LogP) is 3.79. The molecule has 7 heteroatoms. The zero-order chi connectivity index (χ0) is 14.7. The molecule has 0 radical (unpaired) electrons. The highest BCUT2D eigenvalue weighted by Crippen LogP contribution is 2.28. The molecule has 0 bridgehead atoms. The standard InChI is InChI=1S/C13H9Cl2FN2O2/c1-20-10-4-2-3-9(16)12(10)18-13(19)7-5-11(15)17-6-8(7)14/h2-6H,1H3,(H,18,19). The van der Waals surface area contributed by atoms with Crippen molar-refractivity contribution in [1.29, 1.82) is 0 Å². The SMILES string of the molecule is COc1cccc(F)c1NC(=O)c1cc(Cl)ncc1Cl. The van der Waals surface area contributed by atoms with Crippen LogP contribution in [0.2, 0.25) is 10.2 Å². The molecule has 0 saturated heterocycles. The van der Waals surface area contributed by atoms with Gasteiger partial charge in [0, 0.05) is 6.20 Å². The molecule has 4 nitrogen and oxygen atoms in total. The number of aromatic nitrogens is 1. The normalized spacial score (nSPS) is 10.2. The molecule has 0 aliphatic heterocycles. The molecular formula is C13H9Cl2FN2O2. The van der Waals surface area contributed by atoms with Crippen molar-refractivity contribution in [2.75, 3.05) is 12.4 Å². The van der Waals surface area contributed by atoms with Crippen LogP contribution in [0.1, 0.15) is 10.4 Å². The molecule has 0 aliphatic carbocycles. The fourth-order valence-electron chi connectivity index (χ4n) is 1.56. The van der Waals surface area contributed by atoms with Gasteiger partial charge in [-0.05, 0) is 18.2 Å². The van der Waals surface area contributed by atoms with Crippen LogP contribution in [-0.2, 0) is 0 Å². The number of benzene rings is 1. The highest BCUT2D eigenvalue weighted by atomic mass is 35.5. The van der Waals surface area contributed by atoms with E-state index in [1.165, 1.54) is 37.6 Å². The Morgan fingerprint density at radius 2 is 2.15 bits per heavy atom. The summed E-state index contributed by atoms with van der Waals surface area (Å²) in [4.78, 5) is 15.8. The highest BCUT2D eigenvalue weighted by Gasteiger charge is 2.16. The molecule has 104 valence electrons. The quantitative estimate of drug-likeness (QED) is 0.877. The van der Waals surface area contributed by atoms with E-state index in [0.29, 0.717) is 0 Å². The van der Waals surface area contributed by atoms with Crippen molar-refractivity contribution in [3.05, 3.63) is 52.0 Å². The number of carbonyl (C=O) groups is 1. The monoisotopic (exact) mass is 314 g/mol. The number of hydrogen-bond acceptors (Lipinski definition) is 3. The molecule has 20 heavy (non-hydrogen) atoms. The summed E-state index contributed by atoms with van der Waals surface area (Å²) in [5.41, 5.74) is 0.0287. The van der Waals surface area contributed by atoms with Crippen LogP contribution >= 0.6 is 23.2 Å². The van der Waals surface area contributed by atoms with Gasteiger partial charge in [-0.15, -0.1) is 0 Å². The van der Waals surface area contributed by atoms with Gasteiger partial charge >= 0.3 is 0 Å². The summed E-state index contributed by atoms with van der Waals surface area (Å²) in [5.74, 6) is -1.02. The molecule has 0 saturated carbocycles. The van der Waals surface area contributed by atoms with Crippen LogP contribution < -0.4 is 10.1 Å². The number of rotatable bonds is 3. The summed E-state index contributed by atoms with van der Waals surface area (Å²) in [7, 11) is 1.38. The van der Waals surface area contributed by atoms with Gasteiger partial charge in [0.2, 0.25) is 0 Å². The Morgan fingerprint density at radius 1 is 1.40 bits per heavy atom. The molecule has 1 N–H and O–H groups in total. The molecular weight excluding hydrogens is 306 g/mol. The molecule has 2 rings (SSSR count). The van der Waals surface area contributed by atoms with Gasteiger partial charge in [-0.1, -0.05) is 29.3 Å². The first-order valence-corrected chi connectivity index (χ1v) is 6.23. The first kappa shape index (κ1) is 14.6. The lowest BCUT2D eigenvalue weighted by atomic mass is 10.2. The molecule has 1 aromatic heterocycles. The molecule has 1 aromatic carbocycles. The number of nitrogens with zero attached hydrogens (tertiary/aromatic N) is 1. The van der Waals surface area contributed by atoms with Crippen LogP contribution in [0.25, 0.3) is 0 Å². The second kappa shape index (κ2) is 6.07. The minimum Gasteiger partial charge on any atom is -0.494 e. The average molecular weight is 315 g/mol. The fourth-order valence-corrected chi connectivity index (χ4v) is 1.91. The van der Waals surface area contributed by atoms with Crippen molar-refractivity contribution < 1.29 is 13.9 Å². The van der Waals surface area contributed by atoms with Crippen LogP contribution in [0.3, 0.4) is 0 Å². The summed E-state index contributed by atoms with van der Waals surface area (Å²) in [6.07, 6.45) is 1.25. The number of pyridine rings is 1. The van der Waals surface area contributed by atoms with Crippen molar-refractivity contribution in [2.45, 2.75) is 0 Å². The second-order valence-electron chi connectivity index (χ2n) is 3.76. The lowest BCUT2D eigenvalue weighted by molar-refractivity contribution is 0.102. The van der Waals surface area contributed by atoms with Gasteiger partial charge in [-0.25, -0.2) is 9.37 Å². The van der Waals surface area contributed by atoms with Gasteiger partial charge < -0.3 is 10.1 Å². The Kier molecular flexibility index (Phi) is 4.42. The zero-order valence-electron chi connectivity index (χ0n) is 10.3. The maximum absolute atomic E-state index is 13.7. The number of amides is 1. The van der Waals surface area contributed by atoms with Crippen molar-refractivity contribution in [3.63, 3.8) is 0 Å². The van der Waals surface area contributed by atoms with E-state index in [9.17, 15) is 9.18 Å². The molecule has 1 amide bonds. The minimum absolute atomic E-state index is 0.0657. The summed E-state index contributed by atoms with van der Waals surface area (Å²) in [6.45, 7) is 0. The summed E-state index contributed by atoms with van der Waals surface area (Å²) >= 11 is 11.6. The lowest BCUT2D eigenvalue weighted by Crippen LogP contribution is -2.14. The van der Waals surface area contributed by atoms with Gasteiger partial charge in [-0.2, -0.15) is 0 Å². The van der Waals surface area contributed by atoms with Crippen LogP contribution in [0.4, 0.5) is 10.1 Å². The first-order valence-electron chi connectivity index (χ1n) is 5.48. The Labute approximate surface area is 124 Å². The number of halogens is 3. The van der Waals surface area contributed by atoms with E-state index < -0.39 is 11.7 Å². The van der Waals surface area contributed by atoms with E-state index in [0.717, 1.165) is 0 Å². The van der Waals surface area contributed by atoms with Gasteiger partial charge in [-0.3, -0.25) is 4.79 Å². The molecule has 0 aliphatic rings. The summed E-state index contributed by atoms with van der Waals surface area (Å²) < 4.78 is 18.7. The van der Waals surface area contributed by atoms with E-state index in [1.807, 2.05) is 0 Å². The van der Waals surface area contributed by atoms with E-state index >= 15 is 0 Å².